The molecule has 0 saturated carbocycles. The molecule has 0 unspecified atom stereocenters. The highest BCUT2D eigenvalue weighted by Crippen LogP contribution is 2.27. The molecule has 2 nitrogen and oxygen atoms in total. The van der Waals surface area contributed by atoms with Crippen molar-refractivity contribution in [1.29, 1.82) is 0 Å². The van der Waals surface area contributed by atoms with E-state index in [1.54, 1.807) is 11.8 Å². The smallest absolute Gasteiger partial charge is 0.101 e. The van der Waals surface area contributed by atoms with E-state index in [1.165, 1.54) is 11.1 Å². The standard InChI is InChI=1S/C20H19ClN2S/c1-15(17-5-3-2-4-6-17)22-13-16-7-12-20(23-14-16)24-19-10-8-18(21)9-11-19/h2-12,14-15,22H,13H2,1H3/t15-/m1/s1. The fraction of sp³-hybridized carbons (Fsp3) is 0.150. The van der Waals surface area contributed by atoms with Gasteiger partial charge in [0.05, 0.1) is 0 Å². The Hall–Kier alpha value is -1.81. The number of benzene rings is 2. The van der Waals surface area contributed by atoms with Gasteiger partial charge in [-0.3, -0.25) is 0 Å². The van der Waals surface area contributed by atoms with Gasteiger partial charge in [-0.05, 0) is 48.4 Å². The summed E-state index contributed by atoms with van der Waals surface area (Å²) < 4.78 is 0. The average molecular weight is 355 g/mol. The normalized spacial score (nSPS) is 12.1. The molecule has 1 aromatic heterocycles. The van der Waals surface area contributed by atoms with Gasteiger partial charge < -0.3 is 5.32 Å². The van der Waals surface area contributed by atoms with Crippen LogP contribution in [0.15, 0.2) is 82.8 Å². The molecule has 0 amide bonds. The van der Waals surface area contributed by atoms with E-state index in [0.29, 0.717) is 6.04 Å². The molecule has 2 aromatic carbocycles. The van der Waals surface area contributed by atoms with E-state index < -0.39 is 0 Å². The average Bonchev–Trinajstić information content (AvgIpc) is 2.63. The van der Waals surface area contributed by atoms with Crippen molar-refractivity contribution < 1.29 is 0 Å². The number of nitrogens with one attached hydrogen (secondary N) is 1. The minimum absolute atomic E-state index is 0.314. The van der Waals surface area contributed by atoms with Gasteiger partial charge in [-0.25, -0.2) is 4.98 Å². The van der Waals surface area contributed by atoms with Crippen molar-refractivity contribution in [3.05, 3.63) is 89.1 Å². The van der Waals surface area contributed by atoms with E-state index in [9.17, 15) is 0 Å². The SMILES string of the molecule is C[C@@H](NCc1ccc(Sc2ccc(Cl)cc2)nc1)c1ccccc1. The van der Waals surface area contributed by atoms with E-state index in [-0.39, 0.29) is 0 Å². The van der Waals surface area contributed by atoms with Crippen LogP contribution < -0.4 is 5.32 Å². The minimum atomic E-state index is 0.314. The first kappa shape index (κ1) is 17.0. The minimum Gasteiger partial charge on any atom is -0.306 e. The number of hydrogen-bond donors (Lipinski definition) is 1. The highest BCUT2D eigenvalue weighted by atomic mass is 35.5. The Balaban J connectivity index is 1.55. The molecular formula is C20H19ClN2S. The maximum atomic E-state index is 5.91. The van der Waals surface area contributed by atoms with E-state index in [4.69, 9.17) is 11.6 Å². The van der Waals surface area contributed by atoms with Crippen molar-refractivity contribution in [3.63, 3.8) is 0 Å². The maximum absolute atomic E-state index is 5.91. The summed E-state index contributed by atoms with van der Waals surface area (Å²) in [6, 6.07) is 22.8. The highest BCUT2D eigenvalue weighted by Gasteiger charge is 2.05. The predicted molar refractivity (Wildman–Crippen MR) is 102 cm³/mol. The maximum Gasteiger partial charge on any atom is 0.101 e. The van der Waals surface area contributed by atoms with Crippen LogP contribution in [0.3, 0.4) is 0 Å². The summed E-state index contributed by atoms with van der Waals surface area (Å²) in [4.78, 5) is 5.67. The zero-order chi connectivity index (χ0) is 16.8. The Morgan fingerprint density at radius 2 is 1.75 bits per heavy atom. The molecule has 0 saturated heterocycles. The van der Waals surface area contributed by atoms with Gasteiger partial charge in [0.15, 0.2) is 0 Å². The van der Waals surface area contributed by atoms with Crippen molar-refractivity contribution in [2.24, 2.45) is 0 Å². The lowest BCUT2D eigenvalue weighted by molar-refractivity contribution is 0.573. The van der Waals surface area contributed by atoms with Crippen molar-refractivity contribution in [1.82, 2.24) is 10.3 Å². The van der Waals surface area contributed by atoms with Gasteiger partial charge in [0.2, 0.25) is 0 Å². The number of halogens is 1. The highest BCUT2D eigenvalue weighted by molar-refractivity contribution is 7.99. The molecule has 24 heavy (non-hydrogen) atoms. The van der Waals surface area contributed by atoms with Gasteiger partial charge in [0.1, 0.15) is 5.03 Å². The number of aromatic nitrogens is 1. The first-order valence-corrected chi connectivity index (χ1v) is 9.07. The van der Waals surface area contributed by atoms with Gasteiger partial charge in [-0.15, -0.1) is 0 Å². The third-order valence-corrected chi connectivity index (χ3v) is 4.96. The Labute approximate surface area is 152 Å². The zero-order valence-electron chi connectivity index (χ0n) is 13.4. The second kappa shape index (κ2) is 8.34. The van der Waals surface area contributed by atoms with Crippen LogP contribution in [0, 0.1) is 0 Å². The molecule has 0 radical (unpaired) electrons. The lowest BCUT2D eigenvalue weighted by Crippen LogP contribution is -2.18. The fourth-order valence-electron chi connectivity index (χ4n) is 2.33. The lowest BCUT2D eigenvalue weighted by Gasteiger charge is -2.14. The molecule has 3 rings (SSSR count). The second-order valence-electron chi connectivity index (χ2n) is 5.57. The largest absolute Gasteiger partial charge is 0.306 e. The number of hydrogen-bond acceptors (Lipinski definition) is 3. The Morgan fingerprint density at radius 3 is 2.42 bits per heavy atom. The predicted octanol–water partition coefficient (Wildman–Crippen LogP) is 5.74. The van der Waals surface area contributed by atoms with Crippen molar-refractivity contribution in [3.8, 4) is 0 Å². The summed E-state index contributed by atoms with van der Waals surface area (Å²) in [5.74, 6) is 0. The van der Waals surface area contributed by atoms with Crippen LogP contribution in [0.1, 0.15) is 24.1 Å². The Bertz CT molecular complexity index is 758. The molecule has 0 aliphatic carbocycles. The van der Waals surface area contributed by atoms with Crippen molar-refractivity contribution in [2.45, 2.75) is 29.4 Å². The van der Waals surface area contributed by atoms with Gasteiger partial charge in [0.25, 0.3) is 0 Å². The van der Waals surface area contributed by atoms with Crippen LogP contribution in [-0.2, 0) is 6.54 Å². The van der Waals surface area contributed by atoms with Gasteiger partial charge in [-0.2, -0.15) is 0 Å². The molecule has 1 heterocycles. The summed E-state index contributed by atoms with van der Waals surface area (Å²) in [5.41, 5.74) is 2.47. The molecule has 0 spiro atoms. The summed E-state index contributed by atoms with van der Waals surface area (Å²) >= 11 is 7.54. The number of nitrogens with zero attached hydrogens (tertiary/aromatic N) is 1. The zero-order valence-corrected chi connectivity index (χ0v) is 15.0. The van der Waals surface area contributed by atoms with Crippen LogP contribution in [-0.4, -0.2) is 4.98 Å². The van der Waals surface area contributed by atoms with E-state index >= 15 is 0 Å². The molecular weight excluding hydrogens is 336 g/mol. The van der Waals surface area contributed by atoms with Gasteiger partial charge in [0, 0.05) is 28.7 Å². The first-order valence-electron chi connectivity index (χ1n) is 7.87. The molecule has 4 heteroatoms. The number of pyridine rings is 1. The number of rotatable bonds is 6. The summed E-state index contributed by atoms with van der Waals surface area (Å²) in [5, 5.41) is 5.26. The summed E-state index contributed by atoms with van der Waals surface area (Å²) in [6.07, 6.45) is 1.93. The lowest BCUT2D eigenvalue weighted by atomic mass is 10.1. The molecule has 0 aliphatic rings. The third kappa shape index (κ3) is 4.84. The quantitative estimate of drug-likeness (QED) is 0.611. The Morgan fingerprint density at radius 1 is 1.00 bits per heavy atom. The summed E-state index contributed by atoms with van der Waals surface area (Å²) in [7, 11) is 0. The molecule has 122 valence electrons. The first-order chi connectivity index (χ1) is 11.7. The summed E-state index contributed by atoms with van der Waals surface area (Å²) in [6.45, 7) is 2.97. The Kier molecular flexibility index (Phi) is 5.91. The van der Waals surface area contributed by atoms with Crippen LogP contribution in [0.25, 0.3) is 0 Å². The van der Waals surface area contributed by atoms with Crippen molar-refractivity contribution >= 4 is 23.4 Å². The monoisotopic (exact) mass is 354 g/mol. The van der Waals surface area contributed by atoms with Crippen LogP contribution in [0.2, 0.25) is 5.02 Å². The van der Waals surface area contributed by atoms with Crippen LogP contribution in [0.5, 0.6) is 0 Å². The van der Waals surface area contributed by atoms with E-state index in [2.05, 4.69) is 53.6 Å². The van der Waals surface area contributed by atoms with E-state index in [1.807, 2.05) is 36.5 Å². The van der Waals surface area contributed by atoms with E-state index in [0.717, 1.165) is 21.5 Å². The molecule has 1 atom stereocenters. The topological polar surface area (TPSA) is 24.9 Å². The molecule has 1 N–H and O–H groups in total. The fourth-order valence-corrected chi connectivity index (χ4v) is 3.21. The molecule has 0 aliphatic heterocycles. The van der Waals surface area contributed by atoms with Crippen molar-refractivity contribution in [2.75, 3.05) is 0 Å². The van der Waals surface area contributed by atoms with Gasteiger partial charge in [-0.1, -0.05) is 59.8 Å². The molecule has 3 aromatic rings. The van der Waals surface area contributed by atoms with Gasteiger partial charge >= 0.3 is 0 Å². The third-order valence-electron chi connectivity index (χ3n) is 3.75. The molecule has 0 fully saturated rings. The van der Waals surface area contributed by atoms with Crippen LogP contribution in [0.4, 0.5) is 0 Å². The second-order valence-corrected chi connectivity index (χ2v) is 7.10. The molecule has 0 bridgehead atoms. The van der Waals surface area contributed by atoms with Crippen LogP contribution >= 0.6 is 23.4 Å².